The lowest BCUT2D eigenvalue weighted by atomic mass is 10.0. The molecule has 232 valence electrons. The molecule has 45 heavy (non-hydrogen) atoms. The van der Waals surface area contributed by atoms with E-state index in [1.807, 2.05) is 61.5 Å². The average Bonchev–Trinajstić information content (AvgIpc) is 3.48. The number of fused-ring (bicyclic) bond motifs is 1. The van der Waals surface area contributed by atoms with Crippen LogP contribution in [0.3, 0.4) is 0 Å². The van der Waals surface area contributed by atoms with Gasteiger partial charge in [0.05, 0.1) is 33.5 Å². The molecule has 0 aliphatic heterocycles. The molecule has 2 amide bonds. The average molecular weight is 610 g/mol. The summed E-state index contributed by atoms with van der Waals surface area (Å²) in [7, 11) is 4.50. The van der Waals surface area contributed by atoms with Crippen LogP contribution < -0.4 is 29.2 Å². The van der Waals surface area contributed by atoms with E-state index in [4.69, 9.17) is 18.9 Å². The molecule has 0 saturated carbocycles. The fourth-order valence-corrected chi connectivity index (χ4v) is 5.10. The molecule has 4 aromatic carbocycles. The first-order valence-corrected chi connectivity index (χ1v) is 14.4. The Morgan fingerprint density at radius 2 is 1.53 bits per heavy atom. The van der Waals surface area contributed by atoms with Gasteiger partial charge in [-0.15, -0.1) is 5.10 Å². The van der Waals surface area contributed by atoms with Crippen molar-refractivity contribution in [2.45, 2.75) is 26.1 Å². The number of nitrogens with zero attached hydrogens (tertiary/aromatic N) is 4. The molecule has 0 aliphatic rings. The standard InChI is InChI=1S/C34H35N5O6/c1-5-45-26-17-15-25(16-18-26)39(31(40)22-38-28-14-10-9-13-27(28)36-37-38)32(34(41)35-21-23-11-7-6-8-12-23)24-19-29(42-2)33(44-4)30(20-24)43-3/h6-20,32H,5,21-22H2,1-4H3,(H,35,41). The second-order valence-electron chi connectivity index (χ2n) is 9.99. The maximum absolute atomic E-state index is 14.4. The van der Waals surface area contributed by atoms with Crippen LogP contribution in [0.1, 0.15) is 24.1 Å². The van der Waals surface area contributed by atoms with Crippen molar-refractivity contribution in [3.63, 3.8) is 0 Å². The van der Waals surface area contributed by atoms with Crippen LogP contribution in [-0.2, 0) is 22.7 Å². The molecule has 1 aromatic heterocycles. The summed E-state index contributed by atoms with van der Waals surface area (Å²) in [5.41, 5.74) is 3.17. The van der Waals surface area contributed by atoms with Crippen molar-refractivity contribution < 1.29 is 28.5 Å². The van der Waals surface area contributed by atoms with Gasteiger partial charge in [0.2, 0.25) is 17.6 Å². The number of carbonyl (C=O) groups is 2. The fraction of sp³-hybridized carbons (Fsp3) is 0.235. The van der Waals surface area contributed by atoms with Crippen LogP contribution in [0.2, 0.25) is 0 Å². The lowest BCUT2D eigenvalue weighted by molar-refractivity contribution is -0.127. The summed E-state index contributed by atoms with van der Waals surface area (Å²) in [6, 6.07) is 26.1. The number of carbonyl (C=O) groups excluding carboxylic acids is 2. The SMILES string of the molecule is CCOc1ccc(N(C(=O)Cn2nnc3ccccc32)C(C(=O)NCc2ccccc2)c2cc(OC)c(OC)c(OC)c2)cc1. The van der Waals surface area contributed by atoms with E-state index in [1.165, 1.54) is 30.9 Å². The lowest BCUT2D eigenvalue weighted by Crippen LogP contribution is -2.45. The highest BCUT2D eigenvalue weighted by atomic mass is 16.5. The Bertz CT molecular complexity index is 1730. The van der Waals surface area contributed by atoms with E-state index in [0.29, 0.717) is 51.9 Å². The van der Waals surface area contributed by atoms with Crippen molar-refractivity contribution in [3.05, 3.63) is 102 Å². The molecule has 1 heterocycles. The van der Waals surface area contributed by atoms with Crippen LogP contribution in [0.5, 0.6) is 23.0 Å². The van der Waals surface area contributed by atoms with Crippen LogP contribution in [0.4, 0.5) is 5.69 Å². The Kier molecular flexibility index (Phi) is 9.78. The summed E-state index contributed by atoms with van der Waals surface area (Å²) >= 11 is 0. The van der Waals surface area contributed by atoms with Gasteiger partial charge in [-0.25, -0.2) is 4.68 Å². The number of benzene rings is 4. The lowest BCUT2D eigenvalue weighted by Gasteiger charge is -2.32. The zero-order valence-electron chi connectivity index (χ0n) is 25.6. The Morgan fingerprint density at radius 1 is 0.867 bits per heavy atom. The van der Waals surface area contributed by atoms with Gasteiger partial charge in [0.25, 0.3) is 0 Å². The van der Waals surface area contributed by atoms with E-state index >= 15 is 0 Å². The zero-order chi connectivity index (χ0) is 31.8. The molecule has 1 N–H and O–H groups in total. The Morgan fingerprint density at radius 3 is 2.18 bits per heavy atom. The Hall–Kier alpha value is -5.58. The summed E-state index contributed by atoms with van der Waals surface area (Å²) in [5.74, 6) is 0.861. The van der Waals surface area contributed by atoms with Crippen molar-refractivity contribution in [1.29, 1.82) is 0 Å². The third-order valence-corrected chi connectivity index (χ3v) is 7.22. The summed E-state index contributed by atoms with van der Waals surface area (Å²) < 4.78 is 23.9. The van der Waals surface area contributed by atoms with Crippen LogP contribution >= 0.6 is 0 Å². The molecule has 0 fully saturated rings. The van der Waals surface area contributed by atoms with Crippen molar-refractivity contribution in [1.82, 2.24) is 20.3 Å². The number of para-hydroxylation sites is 1. The van der Waals surface area contributed by atoms with Crippen molar-refractivity contribution in [3.8, 4) is 23.0 Å². The molecule has 5 rings (SSSR count). The van der Waals surface area contributed by atoms with Crippen LogP contribution in [-0.4, -0.2) is 54.7 Å². The molecule has 0 bridgehead atoms. The second kappa shape index (κ2) is 14.3. The topological polar surface area (TPSA) is 117 Å². The van der Waals surface area contributed by atoms with Crippen LogP contribution in [0, 0.1) is 0 Å². The number of amides is 2. The van der Waals surface area contributed by atoms with Crippen molar-refractivity contribution >= 4 is 28.5 Å². The minimum absolute atomic E-state index is 0.180. The van der Waals surface area contributed by atoms with Gasteiger partial charge in [-0.2, -0.15) is 0 Å². The highest BCUT2D eigenvalue weighted by Crippen LogP contribution is 2.42. The summed E-state index contributed by atoms with van der Waals surface area (Å²) in [6.07, 6.45) is 0. The molecule has 0 saturated heterocycles. The molecule has 0 radical (unpaired) electrons. The molecular formula is C34H35N5O6. The van der Waals surface area contributed by atoms with Gasteiger partial charge in [-0.3, -0.25) is 14.5 Å². The first-order chi connectivity index (χ1) is 22.0. The quantitative estimate of drug-likeness (QED) is 0.199. The van der Waals surface area contributed by atoms with Crippen LogP contribution in [0.25, 0.3) is 11.0 Å². The predicted octanol–water partition coefficient (Wildman–Crippen LogP) is 4.95. The van der Waals surface area contributed by atoms with Gasteiger partial charge < -0.3 is 24.3 Å². The Labute approximate surface area is 261 Å². The van der Waals surface area contributed by atoms with Gasteiger partial charge in [0.15, 0.2) is 11.5 Å². The van der Waals surface area contributed by atoms with E-state index in [9.17, 15) is 9.59 Å². The van der Waals surface area contributed by atoms with Crippen LogP contribution in [0.15, 0.2) is 91.0 Å². The first-order valence-electron chi connectivity index (χ1n) is 14.4. The maximum Gasteiger partial charge on any atom is 0.249 e. The number of rotatable bonds is 13. The number of ether oxygens (including phenoxy) is 4. The summed E-state index contributed by atoms with van der Waals surface area (Å²) in [6.45, 7) is 2.45. The smallest absolute Gasteiger partial charge is 0.249 e. The molecular weight excluding hydrogens is 574 g/mol. The third-order valence-electron chi connectivity index (χ3n) is 7.22. The number of aromatic nitrogens is 3. The molecule has 11 nitrogen and oxygen atoms in total. The minimum Gasteiger partial charge on any atom is -0.494 e. The number of methoxy groups -OCH3 is 3. The number of nitrogens with one attached hydrogen (secondary N) is 1. The number of anilines is 1. The molecule has 5 aromatic rings. The van der Waals surface area contributed by atoms with Gasteiger partial charge >= 0.3 is 0 Å². The first kappa shape index (κ1) is 30.9. The highest BCUT2D eigenvalue weighted by molar-refractivity contribution is 6.01. The van der Waals surface area contributed by atoms with Gasteiger partial charge in [0, 0.05) is 12.2 Å². The molecule has 0 aliphatic carbocycles. The zero-order valence-corrected chi connectivity index (χ0v) is 25.6. The van der Waals surface area contributed by atoms with Crippen molar-refractivity contribution in [2.24, 2.45) is 0 Å². The molecule has 1 unspecified atom stereocenters. The van der Waals surface area contributed by atoms with E-state index in [-0.39, 0.29) is 13.1 Å². The number of hydrogen-bond acceptors (Lipinski definition) is 8. The normalized spacial score (nSPS) is 11.5. The monoisotopic (exact) mass is 609 g/mol. The predicted molar refractivity (Wildman–Crippen MR) is 170 cm³/mol. The summed E-state index contributed by atoms with van der Waals surface area (Å²) in [5, 5.41) is 11.4. The number of hydrogen-bond donors (Lipinski definition) is 1. The maximum atomic E-state index is 14.4. The summed E-state index contributed by atoms with van der Waals surface area (Å²) in [4.78, 5) is 30.2. The minimum atomic E-state index is -1.15. The second-order valence-corrected chi connectivity index (χ2v) is 9.99. The molecule has 0 spiro atoms. The Balaban J connectivity index is 1.64. The molecule has 1 atom stereocenters. The highest BCUT2D eigenvalue weighted by Gasteiger charge is 2.35. The van der Waals surface area contributed by atoms with Gasteiger partial charge in [-0.1, -0.05) is 47.7 Å². The largest absolute Gasteiger partial charge is 0.494 e. The van der Waals surface area contributed by atoms with Gasteiger partial charge in [-0.05, 0) is 66.6 Å². The van der Waals surface area contributed by atoms with E-state index in [2.05, 4.69) is 15.6 Å². The van der Waals surface area contributed by atoms with Gasteiger partial charge in [0.1, 0.15) is 23.9 Å². The third kappa shape index (κ3) is 6.82. The fourth-order valence-electron chi connectivity index (χ4n) is 5.10. The van der Waals surface area contributed by atoms with E-state index < -0.39 is 17.9 Å². The van der Waals surface area contributed by atoms with E-state index in [0.717, 1.165) is 5.56 Å². The molecule has 11 heteroatoms. The van der Waals surface area contributed by atoms with E-state index in [1.54, 1.807) is 36.4 Å². The van der Waals surface area contributed by atoms with Crippen molar-refractivity contribution in [2.75, 3.05) is 32.8 Å².